The Balaban J connectivity index is 2.03. The molecule has 2 heterocycles. The second kappa shape index (κ2) is 5.29. The zero-order valence-corrected chi connectivity index (χ0v) is 9.95. The van der Waals surface area contributed by atoms with Gasteiger partial charge in [0.2, 0.25) is 17.6 Å². The Morgan fingerprint density at radius 1 is 1.53 bits per heavy atom. The fourth-order valence-electron chi connectivity index (χ4n) is 1.35. The monoisotopic (exact) mass is 266 g/mol. The first kappa shape index (κ1) is 12.7. The van der Waals surface area contributed by atoms with E-state index in [1.165, 1.54) is 19.1 Å². The molecule has 0 bridgehead atoms. The number of carbonyl (C=O) groups is 1. The number of furan rings is 1. The highest BCUT2D eigenvalue weighted by molar-refractivity contribution is 5.72. The Bertz CT molecular complexity index is 603. The van der Waals surface area contributed by atoms with Crippen LogP contribution in [0.25, 0.3) is 11.6 Å². The number of rotatable bonds is 5. The van der Waals surface area contributed by atoms with Gasteiger partial charge in [0.05, 0.1) is 6.07 Å². The molecule has 2 aromatic heterocycles. The van der Waals surface area contributed by atoms with Gasteiger partial charge in [-0.1, -0.05) is 5.16 Å². The van der Waals surface area contributed by atoms with E-state index in [2.05, 4.69) is 15.5 Å². The Labute approximate surface area is 106 Å². The van der Waals surface area contributed by atoms with Crippen molar-refractivity contribution in [2.75, 3.05) is 6.54 Å². The van der Waals surface area contributed by atoms with Crippen molar-refractivity contribution in [2.45, 2.75) is 13.3 Å². The molecule has 0 spiro atoms. The van der Waals surface area contributed by atoms with E-state index in [0.717, 1.165) is 0 Å². The highest BCUT2D eigenvalue weighted by Gasteiger charge is 2.17. The second-order valence-corrected chi connectivity index (χ2v) is 3.64. The zero-order valence-electron chi connectivity index (χ0n) is 9.95. The molecule has 0 aliphatic heterocycles. The van der Waals surface area contributed by atoms with Crippen molar-refractivity contribution in [3.05, 3.63) is 28.1 Å². The van der Waals surface area contributed by atoms with Gasteiger partial charge < -0.3 is 14.3 Å². The van der Waals surface area contributed by atoms with E-state index in [1.54, 1.807) is 0 Å². The first-order chi connectivity index (χ1) is 9.06. The first-order valence-corrected chi connectivity index (χ1v) is 5.38. The molecule has 0 saturated heterocycles. The van der Waals surface area contributed by atoms with Crippen LogP contribution in [0.2, 0.25) is 0 Å². The molecule has 0 unspecified atom stereocenters. The van der Waals surface area contributed by atoms with E-state index in [9.17, 15) is 14.9 Å². The predicted molar refractivity (Wildman–Crippen MR) is 61.0 cm³/mol. The van der Waals surface area contributed by atoms with Gasteiger partial charge in [0, 0.05) is 19.9 Å². The minimum atomic E-state index is -0.652. The number of nitrogens with zero attached hydrogens (tertiary/aromatic N) is 3. The fourth-order valence-corrected chi connectivity index (χ4v) is 1.35. The van der Waals surface area contributed by atoms with Crippen LogP contribution >= 0.6 is 0 Å². The van der Waals surface area contributed by atoms with Crippen LogP contribution < -0.4 is 5.32 Å². The van der Waals surface area contributed by atoms with E-state index < -0.39 is 4.92 Å². The van der Waals surface area contributed by atoms with Gasteiger partial charge in [-0.05, 0) is 6.07 Å². The number of aromatic nitrogens is 2. The van der Waals surface area contributed by atoms with Crippen molar-refractivity contribution >= 4 is 11.8 Å². The molecule has 1 amide bonds. The smallest absolute Gasteiger partial charge is 0.397 e. The summed E-state index contributed by atoms with van der Waals surface area (Å²) in [5.74, 6) is 0.0518. The third kappa shape index (κ3) is 3.15. The van der Waals surface area contributed by atoms with Gasteiger partial charge in [-0.15, -0.1) is 0 Å². The summed E-state index contributed by atoms with van der Waals surface area (Å²) in [4.78, 5) is 24.5. The Hall–Kier alpha value is -2.71. The van der Waals surface area contributed by atoms with Crippen molar-refractivity contribution in [1.82, 2.24) is 15.5 Å². The molecule has 0 fully saturated rings. The van der Waals surface area contributed by atoms with Gasteiger partial charge in [0.15, 0.2) is 5.76 Å². The van der Waals surface area contributed by atoms with Gasteiger partial charge in [0.25, 0.3) is 0 Å². The molecule has 2 rings (SSSR count). The van der Waals surface area contributed by atoms with Crippen molar-refractivity contribution in [2.24, 2.45) is 0 Å². The Morgan fingerprint density at radius 3 is 2.95 bits per heavy atom. The number of hydrogen-bond donors (Lipinski definition) is 1. The topological polar surface area (TPSA) is 124 Å². The average Bonchev–Trinajstić information content (AvgIpc) is 2.95. The van der Waals surface area contributed by atoms with Crippen LogP contribution in [0, 0.1) is 10.1 Å². The highest BCUT2D eigenvalue weighted by atomic mass is 16.6. The van der Waals surface area contributed by atoms with E-state index >= 15 is 0 Å². The molecule has 1 N–H and O–H groups in total. The summed E-state index contributed by atoms with van der Waals surface area (Å²) >= 11 is 0. The summed E-state index contributed by atoms with van der Waals surface area (Å²) in [7, 11) is 0. The van der Waals surface area contributed by atoms with Crippen molar-refractivity contribution in [3.63, 3.8) is 0 Å². The molecule has 0 atom stereocenters. The summed E-state index contributed by atoms with van der Waals surface area (Å²) in [6.45, 7) is 1.77. The van der Waals surface area contributed by atoms with Crippen molar-refractivity contribution in [1.29, 1.82) is 0 Å². The summed E-state index contributed by atoms with van der Waals surface area (Å²) < 4.78 is 9.86. The third-order valence-electron chi connectivity index (χ3n) is 2.17. The standard InChI is InChI=1S/C10H10N4O5/c1-6(15)11-5-4-8-12-10(13-19-8)7-2-3-9(18-7)14(16)17/h2-3H,4-5H2,1H3,(H,11,15). The summed E-state index contributed by atoms with van der Waals surface area (Å²) in [6, 6.07) is 2.60. The average molecular weight is 266 g/mol. The van der Waals surface area contributed by atoms with Crippen LogP contribution in [0.4, 0.5) is 5.88 Å². The lowest BCUT2D eigenvalue weighted by molar-refractivity contribution is -0.401. The third-order valence-corrected chi connectivity index (χ3v) is 2.17. The fraction of sp³-hybridized carbons (Fsp3) is 0.300. The van der Waals surface area contributed by atoms with E-state index in [4.69, 9.17) is 8.94 Å². The molecule has 0 aliphatic rings. The van der Waals surface area contributed by atoms with E-state index in [-0.39, 0.29) is 23.4 Å². The molecule has 19 heavy (non-hydrogen) atoms. The SMILES string of the molecule is CC(=O)NCCc1nc(-c2ccc([N+](=O)[O-])o2)no1. The molecule has 2 aromatic rings. The van der Waals surface area contributed by atoms with Gasteiger partial charge in [0.1, 0.15) is 4.92 Å². The lowest BCUT2D eigenvalue weighted by Crippen LogP contribution is -2.22. The lowest BCUT2D eigenvalue weighted by atomic mass is 10.4. The summed E-state index contributed by atoms with van der Waals surface area (Å²) in [5, 5.41) is 16.7. The van der Waals surface area contributed by atoms with Crippen molar-refractivity contribution < 1.29 is 18.7 Å². The van der Waals surface area contributed by atoms with Gasteiger partial charge in [-0.3, -0.25) is 14.9 Å². The molecule has 0 saturated carbocycles. The lowest BCUT2D eigenvalue weighted by Gasteiger charge is -1.96. The normalized spacial score (nSPS) is 10.4. The number of amides is 1. The number of carbonyl (C=O) groups excluding carboxylic acids is 1. The van der Waals surface area contributed by atoms with Crippen LogP contribution in [0.15, 0.2) is 21.1 Å². The maximum Gasteiger partial charge on any atom is 0.433 e. The van der Waals surface area contributed by atoms with Gasteiger partial charge in [-0.25, -0.2) is 0 Å². The van der Waals surface area contributed by atoms with Gasteiger partial charge >= 0.3 is 5.88 Å². The summed E-state index contributed by atoms with van der Waals surface area (Å²) in [5.41, 5.74) is 0. The first-order valence-electron chi connectivity index (χ1n) is 5.38. The number of hydrogen-bond acceptors (Lipinski definition) is 7. The maximum atomic E-state index is 10.7. The van der Waals surface area contributed by atoms with Crippen LogP contribution in [0.3, 0.4) is 0 Å². The van der Waals surface area contributed by atoms with Gasteiger partial charge in [-0.2, -0.15) is 4.98 Å². The minimum absolute atomic E-state index is 0.130. The zero-order chi connectivity index (χ0) is 13.8. The van der Waals surface area contributed by atoms with Crippen LogP contribution in [0.1, 0.15) is 12.8 Å². The quantitative estimate of drug-likeness (QED) is 0.629. The minimum Gasteiger partial charge on any atom is -0.397 e. The largest absolute Gasteiger partial charge is 0.433 e. The molecule has 9 heteroatoms. The Kier molecular flexibility index (Phi) is 3.55. The predicted octanol–water partition coefficient (Wildman–Crippen LogP) is 0.916. The maximum absolute atomic E-state index is 10.7. The number of nitrogens with one attached hydrogen (secondary N) is 1. The highest BCUT2D eigenvalue weighted by Crippen LogP contribution is 2.23. The van der Waals surface area contributed by atoms with Crippen LogP contribution in [-0.4, -0.2) is 27.5 Å². The van der Waals surface area contributed by atoms with Crippen molar-refractivity contribution in [3.8, 4) is 11.6 Å². The molecular formula is C10H10N4O5. The molecule has 0 aromatic carbocycles. The Morgan fingerprint density at radius 2 is 2.32 bits per heavy atom. The second-order valence-electron chi connectivity index (χ2n) is 3.64. The van der Waals surface area contributed by atoms with Crippen LogP contribution in [0.5, 0.6) is 0 Å². The van der Waals surface area contributed by atoms with Crippen LogP contribution in [-0.2, 0) is 11.2 Å². The molecule has 0 aliphatic carbocycles. The van der Waals surface area contributed by atoms with E-state index in [1.807, 2.05) is 0 Å². The molecular weight excluding hydrogens is 256 g/mol. The summed E-state index contributed by atoms with van der Waals surface area (Å²) in [6.07, 6.45) is 0.370. The van der Waals surface area contributed by atoms with E-state index in [0.29, 0.717) is 18.9 Å². The number of nitro groups is 1. The molecule has 0 radical (unpaired) electrons. The molecule has 9 nitrogen and oxygen atoms in total. The molecule has 100 valence electrons.